The Morgan fingerprint density at radius 1 is 1.58 bits per heavy atom. The second kappa shape index (κ2) is 2.22. The van der Waals surface area contributed by atoms with E-state index in [-0.39, 0.29) is 12.1 Å². The van der Waals surface area contributed by atoms with Crippen LogP contribution in [0, 0.1) is 5.41 Å². The topological polar surface area (TPSA) is 32.3 Å². The van der Waals surface area contributed by atoms with Crippen LogP contribution >= 0.6 is 0 Å². The maximum atomic E-state index is 11.4. The number of carbonyl (C=O) groups is 1. The van der Waals surface area contributed by atoms with E-state index < -0.39 is 0 Å². The monoisotopic (exact) mass is 168 g/mol. The van der Waals surface area contributed by atoms with Crippen molar-refractivity contribution in [3.05, 3.63) is 0 Å². The van der Waals surface area contributed by atoms with Crippen LogP contribution in [-0.4, -0.2) is 29.6 Å². The molecule has 1 aliphatic carbocycles. The number of hydrogen-bond acceptors (Lipinski definition) is 2. The summed E-state index contributed by atoms with van der Waals surface area (Å²) >= 11 is 0. The Hall–Kier alpha value is -0.570. The van der Waals surface area contributed by atoms with E-state index in [4.69, 9.17) is 0 Å². The molecule has 12 heavy (non-hydrogen) atoms. The Labute approximate surface area is 73.1 Å². The Bertz CT molecular complexity index is 225. The van der Waals surface area contributed by atoms with Crippen molar-refractivity contribution < 1.29 is 4.79 Å². The van der Waals surface area contributed by atoms with E-state index in [0.717, 1.165) is 6.42 Å². The quantitative estimate of drug-likeness (QED) is 0.620. The van der Waals surface area contributed by atoms with E-state index in [1.807, 2.05) is 4.90 Å². The molecule has 1 amide bonds. The largest absolute Gasteiger partial charge is 0.323 e. The predicted molar refractivity (Wildman–Crippen MR) is 46.5 cm³/mol. The van der Waals surface area contributed by atoms with Gasteiger partial charge in [0.25, 0.3) is 0 Å². The molecule has 0 aromatic rings. The highest BCUT2D eigenvalue weighted by atomic mass is 16.2. The number of nitrogens with zero attached hydrogens (tertiary/aromatic N) is 1. The highest BCUT2D eigenvalue weighted by Gasteiger charge is 2.53. The van der Waals surface area contributed by atoms with Gasteiger partial charge in [-0.05, 0) is 18.8 Å². The van der Waals surface area contributed by atoms with Crippen molar-refractivity contribution in [1.82, 2.24) is 10.2 Å². The lowest BCUT2D eigenvalue weighted by molar-refractivity contribution is -0.128. The molecule has 3 nitrogen and oxygen atoms in total. The molecule has 0 aromatic heterocycles. The van der Waals surface area contributed by atoms with Gasteiger partial charge in [-0.1, -0.05) is 13.8 Å². The molecule has 0 spiro atoms. The molecule has 1 saturated heterocycles. The van der Waals surface area contributed by atoms with Gasteiger partial charge in [-0.25, -0.2) is 0 Å². The SMILES string of the molecule is CC1NCC(=O)N1C1CC1(C)C. The summed E-state index contributed by atoms with van der Waals surface area (Å²) in [6, 6.07) is 0.481. The lowest BCUT2D eigenvalue weighted by Gasteiger charge is -2.22. The van der Waals surface area contributed by atoms with Crippen LogP contribution in [-0.2, 0) is 4.79 Å². The Morgan fingerprint density at radius 3 is 2.50 bits per heavy atom. The van der Waals surface area contributed by atoms with Gasteiger partial charge in [0.1, 0.15) is 0 Å². The van der Waals surface area contributed by atoms with Crippen LogP contribution in [0.1, 0.15) is 27.2 Å². The van der Waals surface area contributed by atoms with Gasteiger partial charge in [-0.15, -0.1) is 0 Å². The molecule has 2 fully saturated rings. The van der Waals surface area contributed by atoms with E-state index >= 15 is 0 Å². The number of hydrogen-bond donors (Lipinski definition) is 1. The normalized spacial score (nSPS) is 38.9. The minimum Gasteiger partial charge on any atom is -0.323 e. The van der Waals surface area contributed by atoms with Crippen LogP contribution in [0.4, 0.5) is 0 Å². The highest BCUT2D eigenvalue weighted by molar-refractivity contribution is 5.81. The summed E-state index contributed by atoms with van der Waals surface area (Å²) in [4.78, 5) is 13.4. The average Bonchev–Trinajstić information content (AvgIpc) is 2.42. The summed E-state index contributed by atoms with van der Waals surface area (Å²) in [6.07, 6.45) is 1.40. The summed E-state index contributed by atoms with van der Waals surface area (Å²) < 4.78 is 0. The van der Waals surface area contributed by atoms with Gasteiger partial charge < -0.3 is 4.90 Å². The fraction of sp³-hybridized carbons (Fsp3) is 0.889. The first-order chi connectivity index (χ1) is 5.52. The second-order valence-electron chi connectivity index (χ2n) is 4.57. The average molecular weight is 168 g/mol. The van der Waals surface area contributed by atoms with Crippen LogP contribution in [0.5, 0.6) is 0 Å². The van der Waals surface area contributed by atoms with E-state index in [9.17, 15) is 4.79 Å². The van der Waals surface area contributed by atoms with E-state index in [0.29, 0.717) is 18.0 Å². The van der Waals surface area contributed by atoms with E-state index in [1.165, 1.54) is 0 Å². The van der Waals surface area contributed by atoms with Crippen molar-refractivity contribution in [2.24, 2.45) is 5.41 Å². The molecule has 0 aromatic carbocycles. The van der Waals surface area contributed by atoms with Crippen molar-refractivity contribution in [2.75, 3.05) is 6.54 Å². The first kappa shape index (κ1) is 8.05. The lowest BCUT2D eigenvalue weighted by atomic mass is 10.2. The third kappa shape index (κ3) is 1.04. The van der Waals surface area contributed by atoms with Gasteiger partial charge in [-0.2, -0.15) is 0 Å². The smallest absolute Gasteiger partial charge is 0.238 e. The molecule has 0 bridgehead atoms. The number of carbonyl (C=O) groups excluding carboxylic acids is 1. The van der Waals surface area contributed by atoms with Crippen LogP contribution in [0.15, 0.2) is 0 Å². The summed E-state index contributed by atoms with van der Waals surface area (Å²) in [5.41, 5.74) is 0.357. The number of amides is 1. The van der Waals surface area contributed by atoms with Crippen LogP contribution < -0.4 is 5.32 Å². The summed E-state index contributed by atoms with van der Waals surface area (Å²) in [5.74, 6) is 0.262. The standard InChI is InChI=1S/C9H16N2O/c1-6-10-5-8(12)11(6)7-4-9(7,2)3/h6-7,10H,4-5H2,1-3H3. The van der Waals surface area contributed by atoms with Crippen LogP contribution in [0.25, 0.3) is 0 Å². The lowest BCUT2D eigenvalue weighted by Crippen LogP contribution is -2.38. The zero-order valence-electron chi connectivity index (χ0n) is 7.92. The van der Waals surface area contributed by atoms with Crippen molar-refractivity contribution in [3.63, 3.8) is 0 Å². The van der Waals surface area contributed by atoms with Crippen LogP contribution in [0.3, 0.4) is 0 Å². The number of rotatable bonds is 1. The molecular formula is C9H16N2O. The molecule has 3 heteroatoms. The molecule has 2 aliphatic rings. The minimum absolute atomic E-state index is 0.240. The van der Waals surface area contributed by atoms with E-state index in [2.05, 4.69) is 26.1 Å². The van der Waals surface area contributed by atoms with Gasteiger partial charge in [0.05, 0.1) is 12.7 Å². The molecule has 0 radical (unpaired) electrons. The first-order valence-corrected chi connectivity index (χ1v) is 4.57. The minimum atomic E-state index is 0.240. The van der Waals surface area contributed by atoms with Crippen molar-refractivity contribution in [2.45, 2.75) is 39.4 Å². The first-order valence-electron chi connectivity index (χ1n) is 4.57. The third-order valence-corrected chi connectivity index (χ3v) is 3.05. The second-order valence-corrected chi connectivity index (χ2v) is 4.57. The molecule has 1 saturated carbocycles. The predicted octanol–water partition coefficient (Wildman–Crippen LogP) is 0.563. The number of nitrogens with one attached hydrogen (secondary N) is 1. The van der Waals surface area contributed by atoms with Gasteiger partial charge in [0.2, 0.25) is 5.91 Å². The Balaban J connectivity index is 2.09. The summed E-state index contributed by atoms with van der Waals surface area (Å²) in [7, 11) is 0. The maximum Gasteiger partial charge on any atom is 0.238 e. The fourth-order valence-corrected chi connectivity index (χ4v) is 2.00. The Kier molecular flexibility index (Phi) is 1.49. The molecule has 1 aliphatic heterocycles. The van der Waals surface area contributed by atoms with Crippen molar-refractivity contribution in [3.8, 4) is 0 Å². The van der Waals surface area contributed by atoms with Crippen molar-refractivity contribution in [1.29, 1.82) is 0 Å². The van der Waals surface area contributed by atoms with E-state index in [1.54, 1.807) is 0 Å². The molecule has 68 valence electrons. The van der Waals surface area contributed by atoms with Crippen LogP contribution in [0.2, 0.25) is 0 Å². The molecule has 2 atom stereocenters. The molecule has 1 heterocycles. The summed E-state index contributed by atoms with van der Waals surface area (Å²) in [6.45, 7) is 7.01. The fourth-order valence-electron chi connectivity index (χ4n) is 2.00. The van der Waals surface area contributed by atoms with Gasteiger partial charge >= 0.3 is 0 Å². The van der Waals surface area contributed by atoms with Gasteiger partial charge in [0.15, 0.2) is 0 Å². The Morgan fingerprint density at radius 2 is 2.17 bits per heavy atom. The zero-order chi connectivity index (χ0) is 8.93. The van der Waals surface area contributed by atoms with Gasteiger partial charge in [0, 0.05) is 6.04 Å². The maximum absolute atomic E-state index is 11.4. The zero-order valence-corrected chi connectivity index (χ0v) is 7.92. The van der Waals surface area contributed by atoms with Gasteiger partial charge in [-0.3, -0.25) is 10.1 Å². The highest BCUT2D eigenvalue weighted by Crippen LogP contribution is 2.49. The molecular weight excluding hydrogens is 152 g/mol. The van der Waals surface area contributed by atoms with Crippen molar-refractivity contribution >= 4 is 5.91 Å². The molecule has 2 rings (SSSR count). The molecule has 2 unspecified atom stereocenters. The summed E-state index contributed by atoms with van der Waals surface area (Å²) in [5, 5.41) is 3.15. The third-order valence-electron chi connectivity index (χ3n) is 3.05. The molecule has 1 N–H and O–H groups in total.